The number of benzene rings is 1. The quantitative estimate of drug-likeness (QED) is 0.621. The number of alkyl halides is 3. The Morgan fingerprint density at radius 1 is 1.07 bits per heavy atom. The summed E-state index contributed by atoms with van der Waals surface area (Å²) in [6.45, 7) is 0. The molecular weight excluding hydrogens is 371 g/mol. The lowest BCUT2D eigenvalue weighted by Gasteiger charge is -2.27. The summed E-state index contributed by atoms with van der Waals surface area (Å²) in [6, 6.07) is 10.4. The van der Waals surface area contributed by atoms with E-state index in [0.717, 1.165) is 37.2 Å². The van der Waals surface area contributed by atoms with Gasteiger partial charge in [-0.2, -0.15) is 22.7 Å². The molecule has 148 valence electrons. The van der Waals surface area contributed by atoms with E-state index in [9.17, 15) is 18.3 Å². The fourth-order valence-corrected chi connectivity index (χ4v) is 3.44. The molecule has 3 aromatic rings. The van der Waals surface area contributed by atoms with Gasteiger partial charge >= 0.3 is 6.18 Å². The number of nitrogens with zero attached hydrogens (tertiary/aromatic N) is 3. The van der Waals surface area contributed by atoms with E-state index in [2.05, 4.69) is 20.7 Å². The molecule has 3 N–H and O–H groups in total. The van der Waals surface area contributed by atoms with Crippen LogP contribution >= 0.6 is 0 Å². The van der Waals surface area contributed by atoms with E-state index in [-0.39, 0.29) is 18.1 Å². The summed E-state index contributed by atoms with van der Waals surface area (Å²) < 4.78 is 39.7. The van der Waals surface area contributed by atoms with Gasteiger partial charge in [0.2, 0.25) is 5.95 Å². The number of nitrogens with one attached hydrogen (secondary N) is 2. The molecule has 1 saturated carbocycles. The van der Waals surface area contributed by atoms with Crippen LogP contribution in [0, 0.1) is 0 Å². The molecule has 0 amide bonds. The van der Waals surface area contributed by atoms with Gasteiger partial charge in [0.05, 0.1) is 11.7 Å². The summed E-state index contributed by atoms with van der Waals surface area (Å²) >= 11 is 0. The molecule has 2 heterocycles. The first-order valence-electron chi connectivity index (χ1n) is 9.13. The van der Waals surface area contributed by atoms with Crippen LogP contribution in [0.4, 0.5) is 30.6 Å². The van der Waals surface area contributed by atoms with Gasteiger partial charge in [-0.25, -0.2) is 0 Å². The Bertz CT molecular complexity index is 954. The van der Waals surface area contributed by atoms with Crippen LogP contribution in [0.3, 0.4) is 0 Å². The molecule has 1 aliphatic rings. The second-order valence-electron chi connectivity index (χ2n) is 6.98. The molecule has 28 heavy (non-hydrogen) atoms. The molecule has 0 unspecified atom stereocenters. The SMILES string of the molecule is O[C@H]1CCC[C@H](Nc2cccc3nc(Nc4ccc(C(F)(F)F)cc4)nn23)C1. The summed E-state index contributed by atoms with van der Waals surface area (Å²) in [6.07, 6.45) is -1.22. The number of aliphatic hydroxyl groups excluding tert-OH is 1. The van der Waals surface area contributed by atoms with Crippen molar-refractivity contribution in [3.05, 3.63) is 48.0 Å². The van der Waals surface area contributed by atoms with Gasteiger partial charge in [-0.1, -0.05) is 6.07 Å². The Morgan fingerprint density at radius 3 is 2.57 bits per heavy atom. The van der Waals surface area contributed by atoms with Crippen LogP contribution in [0.25, 0.3) is 5.65 Å². The molecule has 2 aromatic heterocycles. The number of hydrogen-bond donors (Lipinski definition) is 3. The number of anilines is 3. The van der Waals surface area contributed by atoms with Gasteiger partial charge in [0.1, 0.15) is 5.82 Å². The minimum absolute atomic E-state index is 0.157. The second-order valence-corrected chi connectivity index (χ2v) is 6.98. The minimum atomic E-state index is -4.37. The van der Waals surface area contributed by atoms with E-state index in [4.69, 9.17) is 0 Å². The van der Waals surface area contributed by atoms with Gasteiger partial charge in [0.15, 0.2) is 5.65 Å². The van der Waals surface area contributed by atoms with Crippen molar-refractivity contribution in [3.8, 4) is 0 Å². The summed E-state index contributed by atoms with van der Waals surface area (Å²) in [7, 11) is 0. The van der Waals surface area contributed by atoms with Crippen molar-refractivity contribution in [1.29, 1.82) is 0 Å². The lowest BCUT2D eigenvalue weighted by Crippen LogP contribution is -2.30. The van der Waals surface area contributed by atoms with E-state index < -0.39 is 11.7 Å². The van der Waals surface area contributed by atoms with Crippen LogP contribution in [-0.2, 0) is 6.18 Å². The average molecular weight is 391 g/mol. The molecule has 2 atom stereocenters. The number of fused-ring (bicyclic) bond motifs is 1. The Labute approximate surface area is 159 Å². The Hall–Kier alpha value is -2.81. The van der Waals surface area contributed by atoms with Crippen LogP contribution in [0.15, 0.2) is 42.5 Å². The highest BCUT2D eigenvalue weighted by Gasteiger charge is 2.30. The van der Waals surface area contributed by atoms with Crippen molar-refractivity contribution in [2.75, 3.05) is 10.6 Å². The summed E-state index contributed by atoms with van der Waals surface area (Å²) in [5.74, 6) is 1.04. The zero-order chi connectivity index (χ0) is 19.7. The van der Waals surface area contributed by atoms with Crippen LogP contribution < -0.4 is 10.6 Å². The molecule has 0 aliphatic heterocycles. The van der Waals surface area contributed by atoms with Crippen LogP contribution in [0.1, 0.15) is 31.2 Å². The molecule has 0 radical (unpaired) electrons. The van der Waals surface area contributed by atoms with Gasteiger partial charge in [0, 0.05) is 11.7 Å². The number of pyridine rings is 1. The molecule has 1 aromatic carbocycles. The predicted molar refractivity (Wildman–Crippen MR) is 99.6 cm³/mol. The van der Waals surface area contributed by atoms with Crippen molar-refractivity contribution in [2.24, 2.45) is 0 Å². The molecule has 0 spiro atoms. The summed E-state index contributed by atoms with van der Waals surface area (Å²) in [4.78, 5) is 4.38. The molecule has 0 bridgehead atoms. The molecule has 9 heteroatoms. The molecule has 6 nitrogen and oxygen atoms in total. The molecule has 4 rings (SSSR count). The molecule has 1 aliphatic carbocycles. The smallest absolute Gasteiger partial charge is 0.393 e. The number of rotatable bonds is 4. The van der Waals surface area contributed by atoms with Gasteiger partial charge < -0.3 is 15.7 Å². The topological polar surface area (TPSA) is 74.5 Å². The lowest BCUT2D eigenvalue weighted by molar-refractivity contribution is -0.137. The maximum Gasteiger partial charge on any atom is 0.416 e. The van der Waals surface area contributed by atoms with E-state index in [1.807, 2.05) is 12.1 Å². The highest BCUT2D eigenvalue weighted by molar-refractivity contribution is 5.58. The second kappa shape index (κ2) is 7.31. The van der Waals surface area contributed by atoms with Crippen LogP contribution in [-0.4, -0.2) is 31.9 Å². The van der Waals surface area contributed by atoms with Gasteiger partial charge in [-0.05, 0) is 62.1 Å². The van der Waals surface area contributed by atoms with Crippen molar-refractivity contribution >= 4 is 23.1 Å². The van der Waals surface area contributed by atoms with E-state index in [1.165, 1.54) is 12.1 Å². The standard InChI is InChI=1S/C19H20F3N5O/c20-19(21,22)12-7-9-13(10-8-12)24-18-25-17-6-2-5-16(27(17)26-18)23-14-3-1-4-15(28)11-14/h2,5-10,14-15,23,28H,1,3-4,11H2,(H,24,26)/t14-,15-/m0/s1. The van der Waals surface area contributed by atoms with Gasteiger partial charge in [0.25, 0.3) is 0 Å². The molecule has 1 fully saturated rings. The van der Waals surface area contributed by atoms with Gasteiger partial charge in [-0.15, -0.1) is 5.10 Å². The third kappa shape index (κ3) is 4.04. The van der Waals surface area contributed by atoms with E-state index in [0.29, 0.717) is 17.8 Å². The first-order chi connectivity index (χ1) is 13.4. The number of hydrogen-bond acceptors (Lipinski definition) is 5. The van der Waals surface area contributed by atoms with Crippen molar-refractivity contribution < 1.29 is 18.3 Å². The van der Waals surface area contributed by atoms with Crippen LogP contribution in [0.2, 0.25) is 0 Å². The zero-order valence-corrected chi connectivity index (χ0v) is 14.9. The third-order valence-electron chi connectivity index (χ3n) is 4.83. The summed E-state index contributed by atoms with van der Waals surface area (Å²) in [5, 5.41) is 20.6. The Morgan fingerprint density at radius 2 is 1.86 bits per heavy atom. The minimum Gasteiger partial charge on any atom is -0.393 e. The zero-order valence-electron chi connectivity index (χ0n) is 14.9. The van der Waals surface area contributed by atoms with E-state index in [1.54, 1.807) is 10.6 Å². The van der Waals surface area contributed by atoms with E-state index >= 15 is 0 Å². The Kier molecular flexibility index (Phi) is 4.84. The normalized spacial score (nSPS) is 20.3. The number of halogens is 3. The molecule has 0 saturated heterocycles. The first-order valence-corrected chi connectivity index (χ1v) is 9.13. The largest absolute Gasteiger partial charge is 0.416 e. The first kappa shape index (κ1) is 18.5. The number of aliphatic hydroxyl groups is 1. The van der Waals surface area contributed by atoms with Gasteiger partial charge in [-0.3, -0.25) is 0 Å². The van der Waals surface area contributed by atoms with Crippen LogP contribution in [0.5, 0.6) is 0 Å². The fraction of sp³-hybridized carbons (Fsp3) is 0.368. The Balaban J connectivity index is 1.53. The average Bonchev–Trinajstić information content (AvgIpc) is 3.05. The monoisotopic (exact) mass is 391 g/mol. The lowest BCUT2D eigenvalue weighted by atomic mass is 9.93. The maximum atomic E-state index is 12.7. The highest BCUT2D eigenvalue weighted by atomic mass is 19.4. The maximum absolute atomic E-state index is 12.7. The third-order valence-corrected chi connectivity index (χ3v) is 4.83. The number of aromatic nitrogens is 3. The summed E-state index contributed by atoms with van der Waals surface area (Å²) in [5.41, 5.74) is 0.367. The van der Waals surface area contributed by atoms with Crippen molar-refractivity contribution in [3.63, 3.8) is 0 Å². The highest BCUT2D eigenvalue weighted by Crippen LogP contribution is 2.30. The predicted octanol–water partition coefficient (Wildman–Crippen LogP) is 4.21. The van der Waals surface area contributed by atoms with Crippen molar-refractivity contribution in [1.82, 2.24) is 14.6 Å². The van der Waals surface area contributed by atoms with Crippen molar-refractivity contribution in [2.45, 2.75) is 44.0 Å². The molecular formula is C19H20F3N5O. The fourth-order valence-electron chi connectivity index (χ4n) is 3.44.